The van der Waals surface area contributed by atoms with Crippen molar-refractivity contribution in [3.8, 4) is 11.4 Å². The molecule has 3 N–H and O–H groups in total. The van der Waals surface area contributed by atoms with E-state index in [1.54, 1.807) is 6.92 Å². The van der Waals surface area contributed by atoms with Crippen LogP contribution >= 0.6 is 27.7 Å². The minimum absolute atomic E-state index is 0.121. The van der Waals surface area contributed by atoms with Gasteiger partial charge in [0.25, 0.3) is 0 Å². The van der Waals surface area contributed by atoms with Crippen molar-refractivity contribution < 1.29 is 4.79 Å². The van der Waals surface area contributed by atoms with Gasteiger partial charge >= 0.3 is 0 Å². The summed E-state index contributed by atoms with van der Waals surface area (Å²) in [5.74, 6) is 6.55. The number of halogens is 1. The molecule has 0 saturated heterocycles. The van der Waals surface area contributed by atoms with Crippen LogP contribution in [0.5, 0.6) is 0 Å². The predicted octanol–water partition coefficient (Wildman–Crippen LogP) is 3.85. The van der Waals surface area contributed by atoms with Crippen molar-refractivity contribution in [1.82, 2.24) is 14.9 Å². The number of nitrogens with zero attached hydrogens (tertiary/aromatic N) is 3. The number of nitrogens with one attached hydrogen (secondary N) is 1. The fourth-order valence-electron chi connectivity index (χ4n) is 2.28. The van der Waals surface area contributed by atoms with Crippen LogP contribution in [0.15, 0.2) is 58.2 Å². The van der Waals surface area contributed by atoms with E-state index in [0.29, 0.717) is 11.0 Å². The third-order valence-corrected chi connectivity index (χ3v) is 5.50. The Morgan fingerprint density at radius 1 is 1.19 bits per heavy atom. The van der Waals surface area contributed by atoms with Crippen molar-refractivity contribution in [3.05, 3.63) is 58.6 Å². The Morgan fingerprint density at radius 2 is 1.88 bits per heavy atom. The Hall–Kier alpha value is -2.32. The number of anilines is 1. The maximum absolute atomic E-state index is 12.4. The molecule has 1 aromatic heterocycles. The highest BCUT2D eigenvalue weighted by Gasteiger charge is 2.20. The zero-order valence-corrected chi connectivity index (χ0v) is 16.7. The third-order valence-electron chi connectivity index (χ3n) is 3.75. The Bertz CT molecular complexity index is 926. The molecule has 134 valence electrons. The number of thioether (sulfide) groups is 1. The van der Waals surface area contributed by atoms with Gasteiger partial charge in [-0.15, -0.1) is 10.2 Å². The van der Waals surface area contributed by atoms with Gasteiger partial charge in [-0.3, -0.25) is 4.79 Å². The first-order valence-electron chi connectivity index (χ1n) is 7.95. The molecule has 0 radical (unpaired) electrons. The molecule has 1 amide bonds. The highest BCUT2D eigenvalue weighted by atomic mass is 79.9. The largest absolute Gasteiger partial charge is 0.335 e. The van der Waals surface area contributed by atoms with Gasteiger partial charge in [0.1, 0.15) is 0 Å². The van der Waals surface area contributed by atoms with Gasteiger partial charge in [0.15, 0.2) is 5.82 Å². The summed E-state index contributed by atoms with van der Waals surface area (Å²) in [6.45, 7) is 3.81. The number of hydrogen-bond acceptors (Lipinski definition) is 5. The first kappa shape index (κ1) is 18.5. The van der Waals surface area contributed by atoms with Crippen LogP contribution in [0.3, 0.4) is 0 Å². The number of nitrogen functional groups attached to an aromatic ring is 1. The highest BCUT2D eigenvalue weighted by molar-refractivity contribution is 9.10. The molecule has 3 rings (SSSR count). The molecule has 0 bridgehead atoms. The van der Waals surface area contributed by atoms with Gasteiger partial charge < -0.3 is 11.2 Å². The maximum atomic E-state index is 12.4. The molecular weight excluding hydrogens is 414 g/mol. The summed E-state index contributed by atoms with van der Waals surface area (Å²) >= 11 is 4.74. The minimum atomic E-state index is -0.380. The molecule has 8 heteroatoms. The summed E-state index contributed by atoms with van der Waals surface area (Å²) in [5, 5.41) is 11.3. The number of amides is 1. The zero-order valence-electron chi connectivity index (χ0n) is 14.3. The van der Waals surface area contributed by atoms with Crippen LogP contribution in [0, 0.1) is 6.92 Å². The van der Waals surface area contributed by atoms with Crippen molar-refractivity contribution in [1.29, 1.82) is 0 Å². The van der Waals surface area contributed by atoms with E-state index in [1.165, 1.54) is 16.4 Å². The quantitative estimate of drug-likeness (QED) is 0.473. The zero-order chi connectivity index (χ0) is 18.7. The van der Waals surface area contributed by atoms with Crippen LogP contribution in [-0.2, 0) is 4.79 Å². The molecule has 26 heavy (non-hydrogen) atoms. The molecule has 0 aliphatic rings. The fourth-order valence-corrected chi connectivity index (χ4v) is 3.51. The van der Waals surface area contributed by atoms with Crippen LogP contribution in [0.4, 0.5) is 5.69 Å². The predicted molar refractivity (Wildman–Crippen MR) is 108 cm³/mol. The second kappa shape index (κ2) is 7.92. The average Bonchev–Trinajstić information content (AvgIpc) is 2.98. The number of benzene rings is 2. The number of rotatable bonds is 5. The molecule has 0 unspecified atom stereocenters. The monoisotopic (exact) mass is 431 g/mol. The second-order valence-corrected chi connectivity index (χ2v) is 7.93. The molecule has 0 fully saturated rings. The molecule has 0 spiro atoms. The molecule has 1 heterocycles. The van der Waals surface area contributed by atoms with Crippen LogP contribution < -0.4 is 11.2 Å². The standard InChI is InChI=1S/C18H18BrN5OS/c1-11-7-9-13(10-8-11)21-17(25)12(2)26-18-23-22-16(24(18)20)14-5-3-4-6-15(14)19/h3-10,12H,20H2,1-2H3,(H,21,25)/t12-/m1/s1. The van der Waals surface area contributed by atoms with Gasteiger partial charge in [-0.1, -0.05) is 57.5 Å². The van der Waals surface area contributed by atoms with Gasteiger partial charge in [0.05, 0.1) is 5.25 Å². The Labute approximate surface area is 164 Å². The second-order valence-electron chi connectivity index (χ2n) is 5.77. The lowest BCUT2D eigenvalue weighted by Gasteiger charge is -2.12. The van der Waals surface area contributed by atoms with Crippen LogP contribution in [0.1, 0.15) is 12.5 Å². The molecule has 0 saturated carbocycles. The lowest BCUT2D eigenvalue weighted by atomic mass is 10.2. The van der Waals surface area contributed by atoms with E-state index >= 15 is 0 Å². The van der Waals surface area contributed by atoms with E-state index in [1.807, 2.05) is 55.5 Å². The fraction of sp³-hybridized carbons (Fsp3) is 0.167. The Morgan fingerprint density at radius 3 is 2.58 bits per heavy atom. The highest BCUT2D eigenvalue weighted by Crippen LogP contribution is 2.29. The van der Waals surface area contributed by atoms with Gasteiger partial charge in [0, 0.05) is 15.7 Å². The molecule has 6 nitrogen and oxygen atoms in total. The summed E-state index contributed by atoms with van der Waals surface area (Å²) < 4.78 is 2.28. The summed E-state index contributed by atoms with van der Waals surface area (Å²) in [7, 11) is 0. The number of hydrogen-bond donors (Lipinski definition) is 2. The molecule has 0 aliphatic heterocycles. The van der Waals surface area contributed by atoms with Crippen molar-refractivity contribution in [2.45, 2.75) is 24.3 Å². The minimum Gasteiger partial charge on any atom is -0.335 e. The van der Waals surface area contributed by atoms with E-state index in [9.17, 15) is 4.79 Å². The normalized spacial score (nSPS) is 12.0. The topological polar surface area (TPSA) is 85.8 Å². The lowest BCUT2D eigenvalue weighted by molar-refractivity contribution is -0.115. The summed E-state index contributed by atoms with van der Waals surface area (Å²) in [6, 6.07) is 15.3. The third kappa shape index (κ3) is 4.08. The van der Waals surface area contributed by atoms with Crippen LogP contribution in [0.25, 0.3) is 11.4 Å². The average molecular weight is 432 g/mol. The van der Waals surface area contributed by atoms with Crippen molar-refractivity contribution in [3.63, 3.8) is 0 Å². The molecule has 2 aromatic carbocycles. The molecule has 0 aliphatic carbocycles. The number of carbonyl (C=O) groups excluding carboxylic acids is 1. The lowest BCUT2D eigenvalue weighted by Crippen LogP contribution is -2.23. The van der Waals surface area contributed by atoms with E-state index < -0.39 is 0 Å². The van der Waals surface area contributed by atoms with E-state index in [4.69, 9.17) is 5.84 Å². The smallest absolute Gasteiger partial charge is 0.237 e. The van der Waals surface area contributed by atoms with Gasteiger partial charge in [-0.25, -0.2) is 4.68 Å². The summed E-state index contributed by atoms with van der Waals surface area (Å²) in [5.41, 5.74) is 2.74. The van der Waals surface area contributed by atoms with E-state index in [2.05, 4.69) is 31.4 Å². The molecule has 3 aromatic rings. The van der Waals surface area contributed by atoms with Gasteiger partial charge in [-0.2, -0.15) is 0 Å². The number of carbonyl (C=O) groups is 1. The number of nitrogens with two attached hydrogens (primary N) is 1. The molecular formula is C18H18BrN5OS. The first-order chi connectivity index (χ1) is 12.5. The van der Waals surface area contributed by atoms with Gasteiger partial charge in [-0.05, 0) is 38.1 Å². The Kier molecular flexibility index (Phi) is 5.63. The Balaban J connectivity index is 1.71. The number of aromatic nitrogens is 3. The van der Waals surface area contributed by atoms with Crippen LogP contribution in [0.2, 0.25) is 0 Å². The van der Waals surface area contributed by atoms with Crippen LogP contribution in [-0.4, -0.2) is 26.0 Å². The van der Waals surface area contributed by atoms with Crippen molar-refractivity contribution >= 4 is 39.3 Å². The van der Waals surface area contributed by atoms with Crippen molar-refractivity contribution in [2.75, 3.05) is 11.2 Å². The van der Waals surface area contributed by atoms with E-state index in [0.717, 1.165) is 21.3 Å². The number of aryl methyl sites for hydroxylation is 1. The maximum Gasteiger partial charge on any atom is 0.237 e. The first-order valence-corrected chi connectivity index (χ1v) is 9.62. The van der Waals surface area contributed by atoms with E-state index in [-0.39, 0.29) is 11.2 Å². The van der Waals surface area contributed by atoms with Gasteiger partial charge in [0.2, 0.25) is 11.1 Å². The SMILES string of the molecule is Cc1ccc(NC(=O)[C@@H](C)Sc2nnc(-c3ccccc3Br)n2N)cc1. The molecule has 1 atom stereocenters. The summed E-state index contributed by atoms with van der Waals surface area (Å²) in [4.78, 5) is 12.4. The van der Waals surface area contributed by atoms with Crippen molar-refractivity contribution in [2.24, 2.45) is 0 Å². The summed E-state index contributed by atoms with van der Waals surface area (Å²) in [6.07, 6.45) is 0.